The van der Waals surface area contributed by atoms with Crippen LogP contribution in [0, 0.1) is 0 Å². The molecule has 25 heavy (non-hydrogen) atoms. The van der Waals surface area contributed by atoms with E-state index in [1.165, 1.54) is 0 Å². The minimum Gasteiger partial charge on any atom is -0.494 e. The van der Waals surface area contributed by atoms with Gasteiger partial charge >= 0.3 is 5.97 Å². The highest BCUT2D eigenvalue weighted by Crippen LogP contribution is 2.15. The summed E-state index contributed by atoms with van der Waals surface area (Å²) in [5.74, 6) is -0.211. The molecule has 0 saturated heterocycles. The van der Waals surface area contributed by atoms with Crippen molar-refractivity contribution in [2.75, 3.05) is 13.2 Å². The zero-order chi connectivity index (χ0) is 18.1. The van der Waals surface area contributed by atoms with E-state index in [2.05, 4.69) is 5.32 Å². The highest BCUT2D eigenvalue weighted by Gasteiger charge is 2.15. The number of carbonyl (C=O) groups is 2. The van der Waals surface area contributed by atoms with E-state index in [1.807, 2.05) is 13.0 Å². The molecule has 5 heteroatoms. The smallest absolute Gasteiger partial charge is 0.354 e. The van der Waals surface area contributed by atoms with Gasteiger partial charge in [0.2, 0.25) is 0 Å². The Kier molecular flexibility index (Phi) is 6.77. The maximum atomic E-state index is 12.3. The lowest BCUT2D eigenvalue weighted by Crippen LogP contribution is -2.28. The zero-order valence-electron chi connectivity index (χ0n) is 14.3. The van der Waals surface area contributed by atoms with Gasteiger partial charge in [-0.15, -0.1) is 0 Å². The van der Waals surface area contributed by atoms with E-state index in [4.69, 9.17) is 9.47 Å². The lowest BCUT2D eigenvalue weighted by Gasteiger charge is -2.10. The average molecular weight is 339 g/mol. The standard InChI is InChI=1S/C20H21NO4/c1-3-24-17-12-10-15(11-13-17)14-18(20(23)25-4-2)21-19(22)16-8-6-5-7-9-16/h5-14H,3-4H2,1-2H3,(H,21,22)/b18-14-. The van der Waals surface area contributed by atoms with Crippen LogP contribution < -0.4 is 10.1 Å². The molecule has 0 fully saturated rings. The third-order valence-electron chi connectivity index (χ3n) is 3.28. The van der Waals surface area contributed by atoms with Crippen LogP contribution in [0.5, 0.6) is 5.75 Å². The Morgan fingerprint density at radius 2 is 1.64 bits per heavy atom. The second-order valence-corrected chi connectivity index (χ2v) is 5.10. The Hall–Kier alpha value is -3.08. The molecule has 2 aromatic rings. The predicted octanol–water partition coefficient (Wildman–Crippen LogP) is 3.42. The van der Waals surface area contributed by atoms with E-state index in [0.29, 0.717) is 12.2 Å². The zero-order valence-corrected chi connectivity index (χ0v) is 14.3. The number of amides is 1. The second-order valence-electron chi connectivity index (χ2n) is 5.10. The Labute approximate surface area is 147 Å². The van der Waals surface area contributed by atoms with Crippen molar-refractivity contribution in [3.8, 4) is 5.75 Å². The maximum Gasteiger partial charge on any atom is 0.354 e. The van der Waals surface area contributed by atoms with Crippen molar-refractivity contribution in [1.29, 1.82) is 0 Å². The van der Waals surface area contributed by atoms with Gasteiger partial charge in [-0.1, -0.05) is 30.3 Å². The van der Waals surface area contributed by atoms with Gasteiger partial charge in [0, 0.05) is 5.56 Å². The molecule has 1 N–H and O–H groups in total. The van der Waals surface area contributed by atoms with Crippen LogP contribution in [-0.4, -0.2) is 25.1 Å². The van der Waals surface area contributed by atoms with Gasteiger partial charge in [-0.05, 0) is 49.8 Å². The summed E-state index contributed by atoms with van der Waals surface area (Å²) in [5, 5.41) is 2.62. The van der Waals surface area contributed by atoms with Crippen molar-refractivity contribution in [1.82, 2.24) is 5.32 Å². The molecule has 0 saturated carbocycles. The number of carbonyl (C=O) groups excluding carboxylic acids is 2. The minimum absolute atomic E-state index is 0.0832. The summed E-state index contributed by atoms with van der Waals surface area (Å²) in [7, 11) is 0. The largest absolute Gasteiger partial charge is 0.494 e. The molecular formula is C20H21NO4. The first-order valence-corrected chi connectivity index (χ1v) is 8.12. The summed E-state index contributed by atoms with van der Waals surface area (Å²) in [5.41, 5.74) is 1.30. The molecule has 0 unspecified atom stereocenters. The highest BCUT2D eigenvalue weighted by atomic mass is 16.5. The van der Waals surface area contributed by atoms with E-state index in [9.17, 15) is 9.59 Å². The van der Waals surface area contributed by atoms with Gasteiger partial charge in [-0.2, -0.15) is 0 Å². The summed E-state index contributed by atoms with van der Waals surface area (Å²) in [4.78, 5) is 24.5. The molecule has 0 aliphatic heterocycles. The Morgan fingerprint density at radius 1 is 0.960 bits per heavy atom. The topological polar surface area (TPSA) is 64.6 Å². The van der Waals surface area contributed by atoms with Gasteiger partial charge in [-0.25, -0.2) is 4.79 Å². The summed E-state index contributed by atoms with van der Waals surface area (Å²) in [6, 6.07) is 15.9. The summed E-state index contributed by atoms with van der Waals surface area (Å²) in [6.45, 7) is 4.42. The minimum atomic E-state index is -0.583. The fraction of sp³-hybridized carbons (Fsp3) is 0.200. The van der Waals surface area contributed by atoms with E-state index in [0.717, 1.165) is 11.3 Å². The van der Waals surface area contributed by atoms with Crippen molar-refractivity contribution >= 4 is 18.0 Å². The van der Waals surface area contributed by atoms with Gasteiger partial charge in [-0.3, -0.25) is 4.79 Å². The number of esters is 1. The van der Waals surface area contributed by atoms with Crippen LogP contribution in [0.25, 0.3) is 6.08 Å². The molecule has 2 aromatic carbocycles. The van der Waals surface area contributed by atoms with Crippen LogP contribution >= 0.6 is 0 Å². The predicted molar refractivity (Wildman–Crippen MR) is 96.1 cm³/mol. The first-order chi connectivity index (χ1) is 12.1. The fourth-order valence-corrected chi connectivity index (χ4v) is 2.13. The van der Waals surface area contributed by atoms with Crippen LogP contribution in [0.1, 0.15) is 29.8 Å². The van der Waals surface area contributed by atoms with Crippen molar-refractivity contribution in [3.05, 3.63) is 71.4 Å². The van der Waals surface area contributed by atoms with Crippen LogP contribution in [0.2, 0.25) is 0 Å². The first-order valence-electron chi connectivity index (χ1n) is 8.12. The molecule has 2 rings (SSSR count). The average Bonchev–Trinajstić information content (AvgIpc) is 2.64. The first kappa shape index (κ1) is 18.3. The molecular weight excluding hydrogens is 318 g/mol. The summed E-state index contributed by atoms with van der Waals surface area (Å²) in [6.07, 6.45) is 1.58. The lowest BCUT2D eigenvalue weighted by molar-refractivity contribution is -0.138. The van der Waals surface area contributed by atoms with E-state index in [-0.39, 0.29) is 18.2 Å². The normalized spacial score (nSPS) is 10.9. The molecule has 0 atom stereocenters. The molecule has 1 amide bonds. The van der Waals surface area contributed by atoms with Gasteiger partial charge in [0.1, 0.15) is 11.4 Å². The van der Waals surface area contributed by atoms with Gasteiger partial charge < -0.3 is 14.8 Å². The van der Waals surface area contributed by atoms with Crippen LogP contribution in [-0.2, 0) is 9.53 Å². The number of hydrogen-bond acceptors (Lipinski definition) is 4. The highest BCUT2D eigenvalue weighted by molar-refractivity contribution is 6.03. The van der Waals surface area contributed by atoms with Crippen molar-refractivity contribution in [2.24, 2.45) is 0 Å². The van der Waals surface area contributed by atoms with Gasteiger partial charge in [0.25, 0.3) is 5.91 Å². The SMILES string of the molecule is CCOC(=O)/C(=C/c1ccc(OCC)cc1)NC(=O)c1ccccc1. The summed E-state index contributed by atoms with van der Waals surface area (Å²) >= 11 is 0. The van der Waals surface area contributed by atoms with Crippen molar-refractivity contribution in [2.45, 2.75) is 13.8 Å². The van der Waals surface area contributed by atoms with E-state index >= 15 is 0 Å². The number of benzene rings is 2. The number of ether oxygens (including phenoxy) is 2. The molecule has 0 aliphatic rings. The molecule has 0 radical (unpaired) electrons. The van der Waals surface area contributed by atoms with Gasteiger partial charge in [0.05, 0.1) is 13.2 Å². The Bertz CT molecular complexity index is 736. The van der Waals surface area contributed by atoms with E-state index < -0.39 is 5.97 Å². The quantitative estimate of drug-likeness (QED) is 0.620. The Balaban J connectivity index is 2.22. The number of rotatable bonds is 7. The Morgan fingerprint density at radius 3 is 2.24 bits per heavy atom. The third-order valence-corrected chi connectivity index (χ3v) is 3.28. The second kappa shape index (κ2) is 9.27. The molecule has 0 spiro atoms. The monoisotopic (exact) mass is 339 g/mol. The third kappa shape index (κ3) is 5.49. The molecule has 130 valence electrons. The maximum absolute atomic E-state index is 12.3. The van der Waals surface area contributed by atoms with Crippen LogP contribution in [0.4, 0.5) is 0 Å². The molecule has 0 aliphatic carbocycles. The molecule has 0 bridgehead atoms. The molecule has 0 aromatic heterocycles. The van der Waals surface area contributed by atoms with Gasteiger partial charge in [0.15, 0.2) is 0 Å². The summed E-state index contributed by atoms with van der Waals surface area (Å²) < 4.78 is 10.4. The molecule has 5 nitrogen and oxygen atoms in total. The number of nitrogens with one attached hydrogen (secondary N) is 1. The fourth-order valence-electron chi connectivity index (χ4n) is 2.13. The van der Waals surface area contributed by atoms with Crippen LogP contribution in [0.3, 0.4) is 0 Å². The van der Waals surface area contributed by atoms with Crippen LogP contribution in [0.15, 0.2) is 60.3 Å². The van der Waals surface area contributed by atoms with Crippen molar-refractivity contribution in [3.63, 3.8) is 0 Å². The van der Waals surface area contributed by atoms with Crippen molar-refractivity contribution < 1.29 is 19.1 Å². The number of hydrogen-bond donors (Lipinski definition) is 1. The lowest BCUT2D eigenvalue weighted by atomic mass is 10.1. The van der Waals surface area contributed by atoms with E-state index in [1.54, 1.807) is 61.5 Å². The molecule has 0 heterocycles.